The van der Waals surface area contributed by atoms with Crippen molar-refractivity contribution in [3.05, 3.63) is 85.1 Å². The van der Waals surface area contributed by atoms with Gasteiger partial charge < -0.3 is 9.47 Å². The molecule has 0 fully saturated rings. The van der Waals surface area contributed by atoms with Crippen LogP contribution in [0.3, 0.4) is 0 Å². The number of ketones is 1. The van der Waals surface area contributed by atoms with E-state index < -0.39 is 0 Å². The van der Waals surface area contributed by atoms with Crippen molar-refractivity contribution in [1.29, 1.82) is 0 Å². The van der Waals surface area contributed by atoms with Crippen LogP contribution in [0, 0.1) is 20.8 Å². The molecule has 3 rings (SSSR count). The lowest BCUT2D eigenvalue weighted by molar-refractivity contribution is 0.104. The molecule has 0 saturated carbocycles. The predicted octanol–water partition coefficient (Wildman–Crippen LogP) is 7.93. The Morgan fingerprint density at radius 2 is 1.84 bits per heavy atom. The predicted molar refractivity (Wildman–Crippen MR) is 135 cm³/mol. The topological polar surface area (TPSA) is 35.5 Å². The molecule has 0 radical (unpaired) electrons. The second-order valence-electron chi connectivity index (χ2n) is 8.18. The summed E-state index contributed by atoms with van der Waals surface area (Å²) in [7, 11) is 1.64. The summed E-state index contributed by atoms with van der Waals surface area (Å²) in [6.45, 7) is 10.6. The van der Waals surface area contributed by atoms with Crippen molar-refractivity contribution >= 4 is 34.8 Å². The number of aryl methyl sites for hydroxylation is 3. The highest BCUT2D eigenvalue weighted by atomic mass is 35.5. The highest BCUT2D eigenvalue weighted by Gasteiger charge is 2.13. The van der Waals surface area contributed by atoms with E-state index in [1.54, 1.807) is 24.5 Å². The smallest absolute Gasteiger partial charge is 0.186 e. The van der Waals surface area contributed by atoms with E-state index in [4.69, 9.17) is 21.1 Å². The third kappa shape index (κ3) is 5.62. The number of benzene rings is 2. The van der Waals surface area contributed by atoms with Crippen LogP contribution in [0.15, 0.2) is 42.5 Å². The number of thiophene rings is 1. The van der Waals surface area contributed by atoms with Gasteiger partial charge in [0.15, 0.2) is 5.78 Å². The van der Waals surface area contributed by atoms with Crippen LogP contribution in [0.1, 0.15) is 62.1 Å². The third-order valence-corrected chi connectivity index (χ3v) is 6.71. The Labute approximate surface area is 199 Å². The number of halogens is 1. The molecule has 0 N–H and O–H groups in total. The summed E-state index contributed by atoms with van der Waals surface area (Å²) in [5.74, 6) is 1.87. The molecule has 32 heavy (non-hydrogen) atoms. The Hall–Kier alpha value is -2.56. The van der Waals surface area contributed by atoms with E-state index in [9.17, 15) is 4.79 Å². The molecule has 5 heteroatoms. The van der Waals surface area contributed by atoms with Gasteiger partial charge in [-0.05, 0) is 79.8 Å². The molecule has 0 aliphatic heterocycles. The molecule has 1 heterocycles. The molecule has 0 unspecified atom stereocenters. The summed E-state index contributed by atoms with van der Waals surface area (Å²) >= 11 is 7.96. The number of rotatable bonds is 8. The van der Waals surface area contributed by atoms with E-state index in [0.29, 0.717) is 6.61 Å². The number of ether oxygens (including phenoxy) is 2. The highest BCUT2D eigenvalue weighted by molar-refractivity contribution is 7.12. The maximum Gasteiger partial charge on any atom is 0.186 e. The molecule has 0 amide bonds. The van der Waals surface area contributed by atoms with Gasteiger partial charge in [-0.15, -0.1) is 11.3 Å². The minimum Gasteiger partial charge on any atom is -0.496 e. The van der Waals surface area contributed by atoms with Gasteiger partial charge >= 0.3 is 0 Å². The number of hydrogen-bond acceptors (Lipinski definition) is 4. The van der Waals surface area contributed by atoms with Gasteiger partial charge in [0, 0.05) is 25.9 Å². The average Bonchev–Trinajstić information content (AvgIpc) is 3.10. The maximum atomic E-state index is 12.6. The van der Waals surface area contributed by atoms with Gasteiger partial charge in [0.05, 0.1) is 7.11 Å². The normalized spacial score (nSPS) is 11.4. The largest absolute Gasteiger partial charge is 0.496 e. The fourth-order valence-corrected chi connectivity index (χ4v) is 4.66. The van der Waals surface area contributed by atoms with Crippen LogP contribution in [-0.4, -0.2) is 12.9 Å². The molecule has 0 spiro atoms. The van der Waals surface area contributed by atoms with Gasteiger partial charge in [-0.3, -0.25) is 4.79 Å². The summed E-state index contributed by atoms with van der Waals surface area (Å²) in [6.07, 6.45) is 3.46. The first-order valence-corrected chi connectivity index (χ1v) is 11.8. The first-order valence-electron chi connectivity index (χ1n) is 10.6. The average molecular weight is 469 g/mol. The minimum absolute atomic E-state index is 0.0127. The molecule has 0 bridgehead atoms. The summed E-state index contributed by atoms with van der Waals surface area (Å²) in [5.41, 5.74) is 4.64. The number of carbonyl (C=O) groups excluding carboxylic acids is 1. The number of allylic oxidation sites excluding steroid dienone is 1. The van der Waals surface area contributed by atoms with Gasteiger partial charge in [0.25, 0.3) is 0 Å². The lowest BCUT2D eigenvalue weighted by Crippen LogP contribution is -2.03. The number of methoxy groups -OCH3 is 1. The molecular weight excluding hydrogens is 440 g/mol. The zero-order chi connectivity index (χ0) is 23.4. The van der Waals surface area contributed by atoms with Gasteiger partial charge in [0.1, 0.15) is 18.1 Å². The van der Waals surface area contributed by atoms with E-state index in [2.05, 4.69) is 13.8 Å². The fourth-order valence-electron chi connectivity index (χ4n) is 3.55. The van der Waals surface area contributed by atoms with Crippen molar-refractivity contribution in [1.82, 2.24) is 0 Å². The van der Waals surface area contributed by atoms with E-state index >= 15 is 0 Å². The first kappa shape index (κ1) is 24.1. The molecular formula is C27H29ClO3S. The lowest BCUT2D eigenvalue weighted by Gasteiger charge is -2.17. The van der Waals surface area contributed by atoms with Crippen molar-refractivity contribution in [2.75, 3.05) is 7.11 Å². The van der Waals surface area contributed by atoms with Crippen molar-refractivity contribution in [2.45, 2.75) is 47.1 Å². The Bertz CT molecular complexity index is 1160. The zero-order valence-electron chi connectivity index (χ0n) is 19.4. The maximum absolute atomic E-state index is 12.6. The summed E-state index contributed by atoms with van der Waals surface area (Å²) in [4.78, 5) is 14.8. The van der Waals surface area contributed by atoms with E-state index in [-0.39, 0.29) is 11.7 Å². The van der Waals surface area contributed by atoms with Crippen molar-refractivity contribution in [2.24, 2.45) is 0 Å². The van der Waals surface area contributed by atoms with Crippen molar-refractivity contribution < 1.29 is 14.3 Å². The standard InChI is InChI=1S/C27H29ClO3S/c1-16(2)22-14-24(28)17(3)11-27(22)31-15-21-13-20(8-10-26(21)30-6)7-9-25(29)23-12-18(4)32-19(23)5/h7-14,16H,15H2,1-6H3/b9-7+. The Balaban J connectivity index is 1.82. The van der Waals surface area contributed by atoms with Gasteiger partial charge in [0.2, 0.25) is 0 Å². The SMILES string of the molecule is COc1ccc(/C=C/C(=O)c2cc(C)sc2C)cc1COc1cc(C)c(Cl)cc1C(C)C. The highest BCUT2D eigenvalue weighted by Crippen LogP contribution is 2.33. The van der Waals surface area contributed by atoms with Gasteiger partial charge in [-0.2, -0.15) is 0 Å². The van der Waals surface area contributed by atoms with Crippen LogP contribution >= 0.6 is 22.9 Å². The van der Waals surface area contributed by atoms with Gasteiger partial charge in [-0.25, -0.2) is 0 Å². The number of carbonyl (C=O) groups is 1. The summed E-state index contributed by atoms with van der Waals surface area (Å²) in [6, 6.07) is 11.7. The van der Waals surface area contributed by atoms with E-state index in [0.717, 1.165) is 54.1 Å². The lowest BCUT2D eigenvalue weighted by atomic mass is 10.0. The third-order valence-electron chi connectivity index (χ3n) is 5.33. The van der Waals surface area contributed by atoms with Crippen LogP contribution in [0.2, 0.25) is 5.02 Å². The summed E-state index contributed by atoms with van der Waals surface area (Å²) < 4.78 is 11.7. The van der Waals surface area contributed by atoms with E-state index in [1.165, 1.54) is 0 Å². The van der Waals surface area contributed by atoms with Crippen molar-refractivity contribution in [3.63, 3.8) is 0 Å². The van der Waals surface area contributed by atoms with Crippen LogP contribution in [0.5, 0.6) is 11.5 Å². The Morgan fingerprint density at radius 3 is 2.47 bits per heavy atom. The molecule has 0 atom stereocenters. The zero-order valence-corrected chi connectivity index (χ0v) is 21.0. The molecule has 1 aromatic heterocycles. The fraction of sp³-hybridized carbons (Fsp3) is 0.296. The Kier molecular flexibility index (Phi) is 7.81. The Morgan fingerprint density at radius 1 is 1.09 bits per heavy atom. The second-order valence-corrected chi connectivity index (χ2v) is 10.0. The van der Waals surface area contributed by atoms with Crippen LogP contribution in [0.25, 0.3) is 6.08 Å². The monoisotopic (exact) mass is 468 g/mol. The molecule has 2 aromatic carbocycles. The van der Waals surface area contributed by atoms with Crippen LogP contribution in [0.4, 0.5) is 0 Å². The summed E-state index contributed by atoms with van der Waals surface area (Å²) in [5, 5.41) is 0.742. The number of hydrogen-bond donors (Lipinski definition) is 0. The van der Waals surface area contributed by atoms with Crippen LogP contribution < -0.4 is 9.47 Å². The first-order chi connectivity index (χ1) is 15.2. The molecule has 3 nitrogen and oxygen atoms in total. The molecule has 0 aliphatic rings. The second kappa shape index (κ2) is 10.4. The van der Waals surface area contributed by atoms with Crippen LogP contribution in [-0.2, 0) is 6.61 Å². The van der Waals surface area contributed by atoms with Gasteiger partial charge in [-0.1, -0.05) is 37.6 Å². The van der Waals surface area contributed by atoms with Crippen molar-refractivity contribution in [3.8, 4) is 11.5 Å². The van der Waals surface area contributed by atoms with E-state index in [1.807, 2.05) is 63.2 Å². The molecule has 168 valence electrons. The molecule has 3 aromatic rings. The minimum atomic E-state index is 0.0127. The molecule has 0 saturated heterocycles. The quantitative estimate of drug-likeness (QED) is 0.248. The molecule has 0 aliphatic carbocycles.